The van der Waals surface area contributed by atoms with Gasteiger partial charge in [-0.15, -0.1) is 0 Å². The first-order chi connectivity index (χ1) is 13.2. The van der Waals surface area contributed by atoms with Crippen LogP contribution in [0.4, 0.5) is 9.59 Å². The van der Waals surface area contributed by atoms with Gasteiger partial charge in [-0.1, -0.05) is 12.1 Å². The largest absolute Gasteiger partial charge is 0.443 e. The maximum absolute atomic E-state index is 12.3. The summed E-state index contributed by atoms with van der Waals surface area (Å²) in [5.41, 5.74) is 5.50. The third-order valence-electron chi connectivity index (χ3n) is 3.92. The van der Waals surface area contributed by atoms with E-state index >= 15 is 0 Å². The van der Waals surface area contributed by atoms with Crippen molar-refractivity contribution in [2.24, 2.45) is 5.73 Å². The quantitative estimate of drug-likeness (QED) is 0.562. The van der Waals surface area contributed by atoms with Gasteiger partial charge in [0.1, 0.15) is 5.60 Å². The molecule has 1 aromatic carbocycles. The average Bonchev–Trinajstić information content (AvgIpc) is 2.86. The first kappa shape index (κ1) is 21.4. The van der Waals surface area contributed by atoms with E-state index in [-0.39, 0.29) is 38.0 Å². The summed E-state index contributed by atoms with van der Waals surface area (Å²) in [5.74, 6) is -0.684. The van der Waals surface area contributed by atoms with Crippen molar-refractivity contribution < 1.29 is 23.9 Å². The molecule has 0 fully saturated rings. The number of hydrogen-bond acceptors (Lipinski definition) is 6. The Labute approximate surface area is 163 Å². The second-order valence-corrected chi connectivity index (χ2v) is 7.31. The van der Waals surface area contributed by atoms with Crippen LogP contribution in [0.5, 0.6) is 0 Å². The minimum atomic E-state index is -0.782. The average molecular weight is 390 g/mol. The van der Waals surface area contributed by atoms with Gasteiger partial charge in [-0.25, -0.2) is 14.5 Å². The van der Waals surface area contributed by atoms with Crippen molar-refractivity contribution in [3.63, 3.8) is 0 Å². The van der Waals surface area contributed by atoms with Gasteiger partial charge in [-0.3, -0.25) is 14.5 Å². The van der Waals surface area contributed by atoms with Crippen LogP contribution in [-0.4, -0.2) is 65.5 Å². The van der Waals surface area contributed by atoms with Crippen LogP contribution in [0.1, 0.15) is 47.9 Å². The third-order valence-corrected chi connectivity index (χ3v) is 3.92. The molecule has 0 saturated heterocycles. The second-order valence-electron chi connectivity index (χ2n) is 7.31. The number of carbonyl (C=O) groups is 4. The highest BCUT2D eigenvalue weighted by Gasteiger charge is 2.34. The van der Waals surface area contributed by atoms with E-state index in [0.717, 1.165) is 9.80 Å². The Balaban J connectivity index is 1.85. The number of benzene rings is 1. The van der Waals surface area contributed by atoms with Crippen molar-refractivity contribution in [3.8, 4) is 0 Å². The van der Waals surface area contributed by atoms with Crippen molar-refractivity contribution in [1.29, 1.82) is 0 Å². The van der Waals surface area contributed by atoms with Crippen molar-refractivity contribution in [2.75, 3.05) is 26.2 Å². The number of carbonyl (C=O) groups excluding carboxylic acids is 4. The monoisotopic (exact) mass is 390 g/mol. The first-order valence-corrected chi connectivity index (χ1v) is 9.09. The molecule has 0 unspecified atom stereocenters. The lowest BCUT2D eigenvalue weighted by Gasteiger charge is -2.26. The molecule has 0 bridgehead atoms. The van der Waals surface area contributed by atoms with E-state index in [1.807, 2.05) is 0 Å². The zero-order valence-electron chi connectivity index (χ0n) is 16.4. The highest BCUT2D eigenvalue weighted by Crippen LogP contribution is 2.22. The van der Waals surface area contributed by atoms with Crippen LogP contribution in [0.15, 0.2) is 24.3 Å². The van der Waals surface area contributed by atoms with Crippen LogP contribution >= 0.6 is 0 Å². The summed E-state index contributed by atoms with van der Waals surface area (Å²) in [4.78, 5) is 51.0. The molecular formula is C19H26N4O5. The van der Waals surface area contributed by atoms with Gasteiger partial charge in [-0.05, 0) is 39.3 Å². The van der Waals surface area contributed by atoms with Crippen molar-refractivity contribution in [2.45, 2.75) is 32.8 Å². The number of imide groups is 2. The molecule has 28 heavy (non-hydrogen) atoms. The molecule has 1 aliphatic rings. The molecule has 0 aliphatic carbocycles. The number of hydrogen-bond donors (Lipinski definition) is 2. The number of fused-ring (bicyclic) bond motifs is 1. The van der Waals surface area contributed by atoms with Crippen LogP contribution in [0.25, 0.3) is 0 Å². The summed E-state index contributed by atoms with van der Waals surface area (Å²) in [6, 6.07) is 6.00. The van der Waals surface area contributed by atoms with E-state index in [1.165, 1.54) is 0 Å². The molecule has 2 rings (SSSR count). The lowest BCUT2D eigenvalue weighted by atomic mass is 10.1. The number of rotatable bonds is 6. The predicted octanol–water partition coefficient (Wildman–Crippen LogP) is 1.58. The number of urea groups is 1. The number of nitrogens with one attached hydrogen (secondary N) is 1. The molecule has 0 radical (unpaired) electrons. The summed E-state index contributed by atoms with van der Waals surface area (Å²) < 4.78 is 5.20. The van der Waals surface area contributed by atoms with Crippen molar-refractivity contribution >= 4 is 23.9 Å². The van der Waals surface area contributed by atoms with Gasteiger partial charge >= 0.3 is 12.1 Å². The molecule has 9 nitrogen and oxygen atoms in total. The van der Waals surface area contributed by atoms with E-state index in [9.17, 15) is 19.2 Å². The van der Waals surface area contributed by atoms with Crippen molar-refractivity contribution in [1.82, 2.24) is 15.1 Å². The fourth-order valence-electron chi connectivity index (χ4n) is 2.69. The van der Waals surface area contributed by atoms with E-state index in [4.69, 9.17) is 10.5 Å². The second kappa shape index (κ2) is 8.83. The SMILES string of the molecule is CC(C)(C)OC(=O)N(CCN)C(=O)NCCCN1C(=O)c2ccccc2C1=O. The number of ether oxygens (including phenoxy) is 1. The fourth-order valence-corrected chi connectivity index (χ4v) is 2.69. The van der Waals surface area contributed by atoms with Gasteiger partial charge in [0.15, 0.2) is 0 Å². The third kappa shape index (κ3) is 5.07. The minimum Gasteiger partial charge on any atom is -0.443 e. The van der Waals surface area contributed by atoms with E-state index < -0.39 is 17.7 Å². The zero-order chi connectivity index (χ0) is 20.9. The van der Waals surface area contributed by atoms with Gasteiger partial charge in [-0.2, -0.15) is 0 Å². The first-order valence-electron chi connectivity index (χ1n) is 9.09. The van der Waals surface area contributed by atoms with Gasteiger partial charge in [0.25, 0.3) is 11.8 Å². The Morgan fingerprint density at radius 3 is 2.21 bits per heavy atom. The maximum atomic E-state index is 12.3. The maximum Gasteiger partial charge on any atom is 0.418 e. The molecule has 152 valence electrons. The number of nitrogens with zero attached hydrogens (tertiary/aromatic N) is 2. The summed E-state index contributed by atoms with van der Waals surface area (Å²) in [6.45, 7) is 5.55. The van der Waals surface area contributed by atoms with Crippen LogP contribution < -0.4 is 11.1 Å². The molecule has 0 aromatic heterocycles. The summed E-state index contributed by atoms with van der Waals surface area (Å²) in [6.07, 6.45) is -0.432. The van der Waals surface area contributed by atoms with Crippen LogP contribution in [0.3, 0.4) is 0 Å². The van der Waals surface area contributed by atoms with Gasteiger partial charge < -0.3 is 15.8 Å². The summed E-state index contributed by atoms with van der Waals surface area (Å²) in [5, 5.41) is 2.59. The molecule has 0 atom stereocenters. The molecule has 1 aromatic rings. The van der Waals surface area contributed by atoms with Crippen LogP contribution in [0.2, 0.25) is 0 Å². The Hall–Kier alpha value is -2.94. The lowest BCUT2D eigenvalue weighted by molar-refractivity contribution is 0.0325. The fraction of sp³-hybridized carbons (Fsp3) is 0.474. The zero-order valence-corrected chi connectivity index (χ0v) is 16.4. The van der Waals surface area contributed by atoms with Crippen molar-refractivity contribution in [3.05, 3.63) is 35.4 Å². The Bertz CT molecular complexity index is 737. The van der Waals surface area contributed by atoms with Crippen LogP contribution in [0, 0.1) is 0 Å². The smallest absolute Gasteiger partial charge is 0.418 e. The molecule has 1 aliphatic heterocycles. The number of nitrogens with two attached hydrogens (primary N) is 1. The summed E-state index contributed by atoms with van der Waals surface area (Å²) >= 11 is 0. The van der Waals surface area contributed by atoms with Crippen LogP contribution in [-0.2, 0) is 4.74 Å². The molecule has 0 saturated carbocycles. The van der Waals surface area contributed by atoms with E-state index in [1.54, 1.807) is 45.0 Å². The Kier molecular flexibility index (Phi) is 6.74. The lowest BCUT2D eigenvalue weighted by Crippen LogP contribution is -2.48. The normalized spacial score (nSPS) is 13.4. The van der Waals surface area contributed by atoms with E-state index in [2.05, 4.69) is 5.32 Å². The highest BCUT2D eigenvalue weighted by atomic mass is 16.6. The molecule has 5 amide bonds. The van der Waals surface area contributed by atoms with Gasteiger partial charge in [0.05, 0.1) is 11.1 Å². The molecule has 3 N–H and O–H groups in total. The topological polar surface area (TPSA) is 122 Å². The Morgan fingerprint density at radius 2 is 1.71 bits per heavy atom. The van der Waals surface area contributed by atoms with Gasteiger partial charge in [0, 0.05) is 26.2 Å². The molecule has 1 heterocycles. The summed E-state index contributed by atoms with van der Waals surface area (Å²) in [7, 11) is 0. The predicted molar refractivity (Wildman–Crippen MR) is 102 cm³/mol. The molecule has 9 heteroatoms. The number of amides is 5. The Morgan fingerprint density at radius 1 is 1.14 bits per heavy atom. The standard InChI is InChI=1S/C19H26N4O5/c1-19(2,3)28-18(27)23(12-9-20)17(26)21-10-6-11-22-15(24)13-7-4-5-8-14(13)16(22)25/h4-5,7-8H,6,9-12,20H2,1-3H3,(H,21,26). The molecular weight excluding hydrogens is 364 g/mol. The van der Waals surface area contributed by atoms with Gasteiger partial charge in [0.2, 0.25) is 0 Å². The molecule has 0 spiro atoms. The van der Waals surface area contributed by atoms with E-state index in [0.29, 0.717) is 17.5 Å². The minimum absolute atomic E-state index is 0.0130. The highest BCUT2D eigenvalue weighted by molar-refractivity contribution is 6.21.